The zero-order valence-corrected chi connectivity index (χ0v) is 23.2. The Morgan fingerprint density at radius 2 is 1.32 bits per heavy atom. The summed E-state index contributed by atoms with van der Waals surface area (Å²) >= 11 is 0. The molecule has 1 atom stereocenters. The molecule has 5 aromatic rings. The number of hydrogen-bond donors (Lipinski definition) is 1. The van der Waals surface area contributed by atoms with E-state index >= 15 is 0 Å². The lowest BCUT2D eigenvalue weighted by Crippen LogP contribution is -2.30. The maximum absolute atomic E-state index is 13.0. The highest BCUT2D eigenvalue weighted by Gasteiger charge is 2.21. The van der Waals surface area contributed by atoms with Gasteiger partial charge in [0.25, 0.3) is 5.91 Å². The highest BCUT2D eigenvalue weighted by atomic mass is 16.5. The van der Waals surface area contributed by atoms with E-state index in [4.69, 9.17) is 24.2 Å². The Morgan fingerprint density at radius 3 is 1.88 bits per heavy atom. The normalized spacial score (nSPS) is 11.5. The van der Waals surface area contributed by atoms with Crippen LogP contribution in [0.1, 0.15) is 22.8 Å². The fraction of sp³-hybridized carbons (Fsp3) is 0.152. The van der Waals surface area contributed by atoms with Gasteiger partial charge in [-0.15, -0.1) is 0 Å². The smallest absolute Gasteiger partial charge is 0.338 e. The van der Waals surface area contributed by atoms with E-state index in [0.29, 0.717) is 28.1 Å². The lowest BCUT2D eigenvalue weighted by atomic mass is 10.0. The van der Waals surface area contributed by atoms with Crippen LogP contribution in [0, 0.1) is 6.92 Å². The second-order valence-corrected chi connectivity index (χ2v) is 9.49. The number of hydrogen-bond acceptors (Lipinski definition) is 7. The first-order chi connectivity index (χ1) is 19.8. The molecule has 0 spiro atoms. The highest BCUT2D eigenvalue weighted by Crippen LogP contribution is 2.33. The fourth-order valence-corrected chi connectivity index (χ4v) is 4.33. The molecule has 0 saturated heterocycles. The summed E-state index contributed by atoms with van der Waals surface area (Å²) in [5.74, 6) is 0.402. The molecule has 1 amide bonds. The van der Waals surface area contributed by atoms with Crippen molar-refractivity contribution in [3.63, 3.8) is 0 Å². The molecule has 41 heavy (non-hydrogen) atoms. The van der Waals surface area contributed by atoms with E-state index in [9.17, 15) is 9.59 Å². The molecule has 0 bridgehead atoms. The number of benzene rings is 4. The Bertz CT molecular complexity index is 1720. The summed E-state index contributed by atoms with van der Waals surface area (Å²) in [4.78, 5) is 35.5. The van der Waals surface area contributed by atoms with E-state index in [1.54, 1.807) is 38.5 Å². The van der Waals surface area contributed by atoms with Crippen molar-refractivity contribution in [1.29, 1.82) is 0 Å². The Labute approximate surface area is 237 Å². The van der Waals surface area contributed by atoms with Gasteiger partial charge in [0.1, 0.15) is 11.5 Å². The van der Waals surface area contributed by atoms with Crippen molar-refractivity contribution in [2.24, 2.45) is 0 Å². The van der Waals surface area contributed by atoms with E-state index < -0.39 is 18.0 Å². The first-order valence-electron chi connectivity index (χ1n) is 13.0. The van der Waals surface area contributed by atoms with Crippen molar-refractivity contribution in [1.82, 2.24) is 9.97 Å². The van der Waals surface area contributed by atoms with E-state index in [1.807, 2.05) is 73.7 Å². The van der Waals surface area contributed by atoms with Crippen molar-refractivity contribution in [2.45, 2.75) is 20.0 Å². The van der Waals surface area contributed by atoms with Gasteiger partial charge in [-0.1, -0.05) is 12.1 Å². The number of nitrogens with zero attached hydrogens (tertiary/aromatic N) is 2. The van der Waals surface area contributed by atoms with Crippen LogP contribution >= 0.6 is 0 Å². The third-order valence-corrected chi connectivity index (χ3v) is 6.57. The molecule has 1 heterocycles. The Morgan fingerprint density at radius 1 is 0.732 bits per heavy atom. The molecular weight excluding hydrogens is 518 g/mol. The summed E-state index contributed by atoms with van der Waals surface area (Å²) in [5, 5.41) is 2.78. The number of esters is 1. The summed E-state index contributed by atoms with van der Waals surface area (Å²) < 4.78 is 16.1. The van der Waals surface area contributed by atoms with Gasteiger partial charge in [-0.25, -0.2) is 14.8 Å². The lowest BCUT2D eigenvalue weighted by molar-refractivity contribution is -0.123. The first kappa shape index (κ1) is 27.3. The molecule has 5 rings (SSSR count). The largest absolute Gasteiger partial charge is 0.497 e. The molecule has 0 fully saturated rings. The Hall–Kier alpha value is -5.24. The van der Waals surface area contributed by atoms with Gasteiger partial charge in [0.15, 0.2) is 6.10 Å². The number of amides is 1. The molecule has 1 unspecified atom stereocenters. The Balaban J connectivity index is 1.46. The van der Waals surface area contributed by atoms with Crippen LogP contribution in [0.3, 0.4) is 0 Å². The number of anilines is 1. The zero-order chi connectivity index (χ0) is 28.9. The number of fused-ring (bicyclic) bond motifs is 1. The summed E-state index contributed by atoms with van der Waals surface area (Å²) in [6.45, 7) is 3.47. The van der Waals surface area contributed by atoms with Crippen molar-refractivity contribution in [3.05, 3.63) is 102 Å². The van der Waals surface area contributed by atoms with Gasteiger partial charge in [-0.2, -0.15) is 0 Å². The number of aromatic nitrogens is 2. The van der Waals surface area contributed by atoms with E-state index in [1.165, 1.54) is 6.92 Å². The van der Waals surface area contributed by atoms with Gasteiger partial charge in [0.05, 0.1) is 42.2 Å². The maximum atomic E-state index is 13.0. The summed E-state index contributed by atoms with van der Waals surface area (Å²) in [7, 11) is 3.23. The summed E-state index contributed by atoms with van der Waals surface area (Å²) in [6.07, 6.45) is -1.00. The fourth-order valence-electron chi connectivity index (χ4n) is 4.33. The van der Waals surface area contributed by atoms with Gasteiger partial charge in [0, 0.05) is 16.8 Å². The molecule has 0 aliphatic rings. The number of rotatable bonds is 8. The van der Waals surface area contributed by atoms with Crippen LogP contribution in [0.25, 0.3) is 33.5 Å². The number of methoxy groups -OCH3 is 2. The minimum atomic E-state index is -1.00. The monoisotopic (exact) mass is 547 g/mol. The standard InChI is InChI=1S/C33H29N3O5/c1-20-6-5-7-25(18-20)34-32(37)21(2)41-33(38)24-12-17-28-29(19-24)36-31(23-10-15-27(40-4)16-11-23)30(35-28)22-8-13-26(39-3)14-9-22/h5-19,21H,1-4H3,(H,34,37). The van der Waals surface area contributed by atoms with Crippen LogP contribution in [-0.2, 0) is 9.53 Å². The van der Waals surface area contributed by atoms with E-state index in [0.717, 1.165) is 28.2 Å². The third-order valence-electron chi connectivity index (χ3n) is 6.57. The van der Waals surface area contributed by atoms with Gasteiger partial charge in [-0.05, 0) is 98.3 Å². The second kappa shape index (κ2) is 11.9. The SMILES string of the molecule is COc1ccc(-c2nc3ccc(C(=O)OC(C)C(=O)Nc4cccc(C)c4)cc3nc2-c2ccc(OC)cc2)cc1. The predicted octanol–water partition coefficient (Wildman–Crippen LogP) is 6.47. The molecule has 206 valence electrons. The number of carbonyl (C=O) groups is 2. The highest BCUT2D eigenvalue weighted by molar-refractivity contribution is 5.99. The molecule has 8 heteroatoms. The van der Waals surface area contributed by atoms with Gasteiger partial charge in [-0.3, -0.25) is 4.79 Å². The summed E-state index contributed by atoms with van der Waals surface area (Å²) in [6, 6.07) is 27.5. The van der Waals surface area contributed by atoms with Crippen molar-refractivity contribution in [3.8, 4) is 34.0 Å². The Kier molecular flexibility index (Phi) is 7.92. The third kappa shape index (κ3) is 6.17. The second-order valence-electron chi connectivity index (χ2n) is 9.49. The average molecular weight is 548 g/mol. The molecule has 0 radical (unpaired) electrons. The van der Waals surface area contributed by atoms with Crippen LogP contribution in [0.2, 0.25) is 0 Å². The maximum Gasteiger partial charge on any atom is 0.338 e. The number of nitrogens with one attached hydrogen (secondary N) is 1. The van der Waals surface area contributed by atoms with E-state index in [2.05, 4.69) is 5.32 Å². The van der Waals surface area contributed by atoms with Crippen molar-refractivity contribution >= 4 is 28.6 Å². The molecule has 1 N–H and O–H groups in total. The van der Waals surface area contributed by atoms with Crippen molar-refractivity contribution in [2.75, 3.05) is 19.5 Å². The zero-order valence-electron chi connectivity index (χ0n) is 23.2. The quantitative estimate of drug-likeness (QED) is 0.222. The molecular formula is C33H29N3O5. The minimum absolute atomic E-state index is 0.264. The number of ether oxygens (including phenoxy) is 3. The van der Waals surface area contributed by atoms with Crippen LogP contribution in [0.4, 0.5) is 5.69 Å². The summed E-state index contributed by atoms with van der Waals surface area (Å²) in [5.41, 5.74) is 6.05. The lowest BCUT2D eigenvalue weighted by Gasteiger charge is -2.15. The first-order valence-corrected chi connectivity index (χ1v) is 13.0. The van der Waals surface area contributed by atoms with Crippen LogP contribution < -0.4 is 14.8 Å². The van der Waals surface area contributed by atoms with Crippen LogP contribution in [0.15, 0.2) is 91.0 Å². The number of carbonyl (C=O) groups excluding carboxylic acids is 2. The topological polar surface area (TPSA) is 99.6 Å². The molecule has 0 aliphatic carbocycles. The molecule has 8 nitrogen and oxygen atoms in total. The van der Waals surface area contributed by atoms with Gasteiger partial charge < -0.3 is 19.5 Å². The molecule has 4 aromatic carbocycles. The number of aryl methyl sites for hydroxylation is 1. The van der Waals surface area contributed by atoms with Crippen LogP contribution in [0.5, 0.6) is 11.5 Å². The molecule has 0 aliphatic heterocycles. The van der Waals surface area contributed by atoms with Gasteiger partial charge >= 0.3 is 5.97 Å². The minimum Gasteiger partial charge on any atom is -0.497 e. The predicted molar refractivity (Wildman–Crippen MR) is 158 cm³/mol. The average Bonchev–Trinajstić information content (AvgIpc) is 3.00. The van der Waals surface area contributed by atoms with Gasteiger partial charge in [0.2, 0.25) is 0 Å². The molecule has 1 aromatic heterocycles. The van der Waals surface area contributed by atoms with Crippen LogP contribution in [-0.4, -0.2) is 42.2 Å². The van der Waals surface area contributed by atoms with Crippen molar-refractivity contribution < 1.29 is 23.8 Å². The van der Waals surface area contributed by atoms with E-state index in [-0.39, 0.29) is 5.56 Å². The molecule has 0 saturated carbocycles.